The first-order chi connectivity index (χ1) is 12.0. The molecule has 8 heteroatoms. The number of nitrogens with zero attached hydrogens (tertiary/aromatic N) is 3. The Morgan fingerprint density at radius 3 is 2.64 bits per heavy atom. The summed E-state index contributed by atoms with van der Waals surface area (Å²) < 4.78 is 26.4. The largest absolute Gasteiger partial charge is 0.277 e. The van der Waals surface area contributed by atoms with E-state index in [0.717, 1.165) is 11.3 Å². The van der Waals surface area contributed by atoms with Gasteiger partial charge in [0.15, 0.2) is 15.0 Å². The molecule has 0 aliphatic rings. The monoisotopic (exact) mass is 393 g/mol. The van der Waals surface area contributed by atoms with Crippen molar-refractivity contribution in [3.05, 3.63) is 65.4 Å². The maximum absolute atomic E-state index is 12.3. The molecule has 0 bridgehead atoms. The van der Waals surface area contributed by atoms with Crippen LogP contribution in [0.3, 0.4) is 0 Å². The summed E-state index contributed by atoms with van der Waals surface area (Å²) >= 11 is 7.52. The van der Waals surface area contributed by atoms with E-state index in [-0.39, 0.29) is 5.75 Å². The van der Waals surface area contributed by atoms with Gasteiger partial charge < -0.3 is 0 Å². The molecular weight excluding hydrogens is 378 g/mol. The van der Waals surface area contributed by atoms with Crippen molar-refractivity contribution in [1.82, 2.24) is 14.8 Å². The minimum atomic E-state index is -3.30. The molecule has 0 fully saturated rings. The summed E-state index contributed by atoms with van der Waals surface area (Å²) in [5.41, 5.74) is 1.83. The third kappa shape index (κ3) is 4.23. The van der Waals surface area contributed by atoms with Crippen molar-refractivity contribution in [2.24, 2.45) is 0 Å². The third-order valence-corrected chi connectivity index (χ3v) is 6.98. The highest BCUT2D eigenvalue weighted by atomic mass is 35.5. The van der Waals surface area contributed by atoms with Crippen LogP contribution in [0.4, 0.5) is 0 Å². The Labute approximate surface area is 156 Å². The molecule has 1 heterocycles. The average Bonchev–Trinajstić information content (AvgIpc) is 3.06. The van der Waals surface area contributed by atoms with E-state index in [1.807, 2.05) is 25.1 Å². The minimum absolute atomic E-state index is 0.0309. The van der Waals surface area contributed by atoms with Crippen molar-refractivity contribution in [1.29, 1.82) is 0 Å². The van der Waals surface area contributed by atoms with Gasteiger partial charge in [-0.1, -0.05) is 47.6 Å². The highest BCUT2D eigenvalue weighted by molar-refractivity contribution is 8.00. The van der Waals surface area contributed by atoms with Gasteiger partial charge in [-0.15, -0.1) is 10.2 Å². The zero-order valence-corrected chi connectivity index (χ0v) is 15.9. The van der Waals surface area contributed by atoms with Crippen molar-refractivity contribution >= 4 is 33.2 Å². The second-order valence-corrected chi connectivity index (χ2v) is 8.98. The van der Waals surface area contributed by atoms with Crippen molar-refractivity contribution in [2.45, 2.75) is 17.0 Å². The third-order valence-electron chi connectivity index (χ3n) is 3.64. The predicted octanol–water partition coefficient (Wildman–Crippen LogP) is 3.80. The predicted molar refractivity (Wildman–Crippen MR) is 100 cm³/mol. The molecule has 0 amide bonds. The smallest absolute Gasteiger partial charge is 0.195 e. The average molecular weight is 394 g/mol. The van der Waals surface area contributed by atoms with E-state index in [9.17, 15) is 8.42 Å². The highest BCUT2D eigenvalue weighted by Gasteiger charge is 2.15. The number of sulfone groups is 1. The van der Waals surface area contributed by atoms with Gasteiger partial charge in [0.2, 0.25) is 0 Å². The van der Waals surface area contributed by atoms with E-state index < -0.39 is 9.84 Å². The van der Waals surface area contributed by atoms with Crippen LogP contribution in [0, 0.1) is 6.92 Å². The Kier molecular flexibility index (Phi) is 5.46. The van der Waals surface area contributed by atoms with Gasteiger partial charge in [0.05, 0.1) is 16.3 Å². The number of halogens is 1. The molecule has 0 aliphatic heterocycles. The summed E-state index contributed by atoms with van der Waals surface area (Å²) in [5, 5.41) is 9.29. The van der Waals surface area contributed by atoms with Crippen LogP contribution in [0.1, 0.15) is 5.56 Å². The Balaban J connectivity index is 1.71. The van der Waals surface area contributed by atoms with Gasteiger partial charge in [-0.3, -0.25) is 4.57 Å². The lowest BCUT2D eigenvalue weighted by molar-refractivity contribution is 0.597. The highest BCUT2D eigenvalue weighted by Crippen LogP contribution is 2.24. The second kappa shape index (κ2) is 7.59. The topological polar surface area (TPSA) is 64.8 Å². The molecule has 0 spiro atoms. The maximum Gasteiger partial charge on any atom is 0.195 e. The fourth-order valence-electron chi connectivity index (χ4n) is 2.22. The van der Waals surface area contributed by atoms with Crippen LogP contribution in [0.5, 0.6) is 0 Å². The van der Waals surface area contributed by atoms with E-state index in [0.29, 0.717) is 20.8 Å². The zero-order chi connectivity index (χ0) is 17.9. The lowest BCUT2D eigenvalue weighted by Crippen LogP contribution is -2.09. The van der Waals surface area contributed by atoms with Gasteiger partial charge >= 0.3 is 0 Å². The van der Waals surface area contributed by atoms with Crippen LogP contribution in [0.15, 0.2) is 64.9 Å². The molecule has 1 aromatic heterocycles. The number of thioether (sulfide) groups is 1. The van der Waals surface area contributed by atoms with Crippen molar-refractivity contribution < 1.29 is 8.42 Å². The SMILES string of the molecule is Cc1ccc(-n2cnnc2SCCS(=O)(=O)c2ccccc2)cc1Cl. The van der Waals surface area contributed by atoms with Gasteiger partial charge in [0.25, 0.3) is 0 Å². The molecule has 0 saturated carbocycles. The first-order valence-electron chi connectivity index (χ1n) is 7.54. The van der Waals surface area contributed by atoms with Gasteiger partial charge in [-0.2, -0.15) is 0 Å². The van der Waals surface area contributed by atoms with E-state index in [4.69, 9.17) is 11.6 Å². The number of aromatic nitrogens is 3. The summed E-state index contributed by atoms with van der Waals surface area (Å²) in [6, 6.07) is 14.1. The molecule has 0 atom stereocenters. The van der Waals surface area contributed by atoms with Crippen LogP contribution < -0.4 is 0 Å². The van der Waals surface area contributed by atoms with Gasteiger partial charge in [-0.05, 0) is 36.8 Å². The number of hydrogen-bond acceptors (Lipinski definition) is 5. The molecule has 2 aromatic carbocycles. The van der Waals surface area contributed by atoms with Crippen LogP contribution in [0.2, 0.25) is 5.02 Å². The molecule has 0 aliphatic carbocycles. The molecule has 0 N–H and O–H groups in total. The first-order valence-corrected chi connectivity index (χ1v) is 10.6. The molecule has 0 radical (unpaired) electrons. The van der Waals surface area contributed by atoms with Crippen LogP contribution >= 0.6 is 23.4 Å². The van der Waals surface area contributed by atoms with E-state index in [2.05, 4.69) is 10.2 Å². The maximum atomic E-state index is 12.3. The van der Waals surface area contributed by atoms with Crippen molar-refractivity contribution in [3.8, 4) is 5.69 Å². The van der Waals surface area contributed by atoms with Crippen molar-refractivity contribution in [2.75, 3.05) is 11.5 Å². The van der Waals surface area contributed by atoms with Crippen LogP contribution in [-0.4, -0.2) is 34.7 Å². The number of aryl methyl sites for hydroxylation is 1. The fourth-order valence-corrected chi connectivity index (χ4v) is 4.99. The molecule has 3 rings (SSSR count). The quantitative estimate of drug-likeness (QED) is 0.596. The van der Waals surface area contributed by atoms with E-state index in [1.165, 1.54) is 11.8 Å². The summed E-state index contributed by atoms with van der Waals surface area (Å²) in [4.78, 5) is 0.336. The van der Waals surface area contributed by atoms with Gasteiger partial charge in [0, 0.05) is 10.8 Å². The first kappa shape index (κ1) is 18.0. The molecule has 5 nitrogen and oxygen atoms in total. The molecular formula is C17H16ClN3O2S2. The van der Waals surface area contributed by atoms with E-state index >= 15 is 0 Å². The fraction of sp³-hybridized carbons (Fsp3) is 0.176. The Hall–Kier alpha value is -1.83. The number of hydrogen-bond donors (Lipinski definition) is 0. The number of rotatable bonds is 6. The Morgan fingerprint density at radius 1 is 1.16 bits per heavy atom. The lowest BCUT2D eigenvalue weighted by atomic mass is 10.2. The van der Waals surface area contributed by atoms with Gasteiger partial charge in [0.1, 0.15) is 6.33 Å². The van der Waals surface area contributed by atoms with E-state index in [1.54, 1.807) is 41.2 Å². The summed E-state index contributed by atoms with van der Waals surface area (Å²) in [7, 11) is -3.30. The molecule has 3 aromatic rings. The molecule has 130 valence electrons. The molecule has 0 unspecified atom stereocenters. The minimum Gasteiger partial charge on any atom is -0.277 e. The summed E-state index contributed by atoms with van der Waals surface area (Å²) in [5.74, 6) is 0.415. The van der Waals surface area contributed by atoms with Crippen molar-refractivity contribution in [3.63, 3.8) is 0 Å². The Morgan fingerprint density at radius 2 is 1.92 bits per heavy atom. The normalized spacial score (nSPS) is 11.6. The Bertz CT molecular complexity index is 973. The summed E-state index contributed by atoms with van der Waals surface area (Å²) in [6.45, 7) is 1.93. The standard InChI is InChI=1S/C17H16ClN3O2S2/c1-13-7-8-14(11-16(13)18)21-12-19-20-17(21)24-9-10-25(22,23)15-5-3-2-4-6-15/h2-8,11-12H,9-10H2,1H3. The zero-order valence-electron chi connectivity index (χ0n) is 13.5. The van der Waals surface area contributed by atoms with Crippen LogP contribution in [-0.2, 0) is 9.84 Å². The lowest BCUT2D eigenvalue weighted by Gasteiger charge is -2.08. The second-order valence-electron chi connectivity index (χ2n) is 5.40. The summed E-state index contributed by atoms with van der Waals surface area (Å²) in [6.07, 6.45) is 1.59. The van der Waals surface area contributed by atoms with Crippen LogP contribution in [0.25, 0.3) is 5.69 Å². The molecule has 0 saturated heterocycles. The van der Waals surface area contributed by atoms with Gasteiger partial charge in [-0.25, -0.2) is 8.42 Å². The number of benzene rings is 2. The molecule has 25 heavy (non-hydrogen) atoms.